The molecule has 8 heteroatoms. The third-order valence-corrected chi connectivity index (χ3v) is 4.58. The van der Waals surface area contributed by atoms with Crippen molar-refractivity contribution in [1.82, 2.24) is 15.5 Å². The van der Waals surface area contributed by atoms with Crippen LogP contribution >= 0.6 is 0 Å². The number of fused-ring (bicyclic) bond motifs is 2. The minimum Gasteiger partial charge on any atom is -0.454 e. The van der Waals surface area contributed by atoms with Crippen molar-refractivity contribution in [3.63, 3.8) is 0 Å². The molecule has 0 unspecified atom stereocenters. The lowest BCUT2D eigenvalue weighted by atomic mass is 9.76. The highest BCUT2D eigenvalue weighted by atomic mass is 16.5. The van der Waals surface area contributed by atoms with Crippen molar-refractivity contribution in [2.24, 2.45) is 0 Å². The summed E-state index contributed by atoms with van der Waals surface area (Å²) >= 11 is 0. The van der Waals surface area contributed by atoms with E-state index in [2.05, 4.69) is 10.6 Å². The van der Waals surface area contributed by atoms with Crippen molar-refractivity contribution < 1.29 is 23.9 Å². The van der Waals surface area contributed by atoms with E-state index in [-0.39, 0.29) is 0 Å². The number of carbonyl (C=O) groups excluding carboxylic acids is 4. The van der Waals surface area contributed by atoms with Gasteiger partial charge >= 0.3 is 12.0 Å². The molecule has 2 aliphatic rings. The number of hydrogen-bond acceptors (Lipinski definition) is 5. The van der Waals surface area contributed by atoms with Gasteiger partial charge < -0.3 is 15.4 Å². The molecule has 1 aromatic rings. The van der Waals surface area contributed by atoms with E-state index in [1.54, 1.807) is 0 Å². The Morgan fingerprint density at radius 1 is 1.32 bits per heavy atom. The molecule has 1 atom stereocenters. The summed E-state index contributed by atoms with van der Waals surface area (Å²) < 4.78 is 4.77. The number of nitrogens with zero attached hydrogens (tertiary/aromatic N) is 1. The van der Waals surface area contributed by atoms with Crippen LogP contribution in [0.25, 0.3) is 0 Å². The number of nitrogens with one attached hydrogen (secondary N) is 2. The van der Waals surface area contributed by atoms with E-state index in [0.29, 0.717) is 6.42 Å². The Kier molecular flexibility index (Phi) is 4.43. The highest BCUT2D eigenvalue weighted by Crippen LogP contribution is 2.39. The zero-order valence-electron chi connectivity index (χ0n) is 13.8. The standard InChI is InChI=1S/C17H19N3O5/c1-18-13(21)10-25-14(22)9-20-15(23)17(19-16(20)24)8-4-6-11-5-2-3-7-12(11)17/h2-3,5,7H,4,6,8-10H2,1H3,(H,18,21)(H,19,24)/t17-/m1/s1. The van der Waals surface area contributed by atoms with Crippen molar-refractivity contribution in [1.29, 1.82) is 0 Å². The number of carbonyl (C=O) groups is 4. The first kappa shape index (κ1) is 16.9. The summed E-state index contributed by atoms with van der Waals surface area (Å²) in [6, 6.07) is 6.87. The van der Waals surface area contributed by atoms with Gasteiger partial charge in [0.25, 0.3) is 11.8 Å². The van der Waals surface area contributed by atoms with Crippen LogP contribution in [0.2, 0.25) is 0 Å². The van der Waals surface area contributed by atoms with Crippen molar-refractivity contribution >= 4 is 23.8 Å². The fourth-order valence-electron chi connectivity index (χ4n) is 3.35. The Morgan fingerprint density at radius 3 is 2.84 bits per heavy atom. The van der Waals surface area contributed by atoms with Crippen LogP contribution in [0.4, 0.5) is 4.79 Å². The first-order chi connectivity index (χ1) is 12.0. The number of ether oxygens (including phenoxy) is 1. The van der Waals surface area contributed by atoms with Gasteiger partial charge in [-0.05, 0) is 30.4 Å². The van der Waals surface area contributed by atoms with Gasteiger partial charge in [-0.1, -0.05) is 24.3 Å². The van der Waals surface area contributed by atoms with Crippen LogP contribution in [0.15, 0.2) is 24.3 Å². The minimum atomic E-state index is -1.12. The molecule has 0 bridgehead atoms. The Bertz CT molecular complexity index is 748. The molecule has 1 heterocycles. The predicted octanol–water partition coefficient (Wildman–Crippen LogP) is 0.0592. The highest BCUT2D eigenvalue weighted by molar-refractivity contribution is 6.09. The van der Waals surface area contributed by atoms with Gasteiger partial charge in [-0.15, -0.1) is 0 Å². The second-order valence-electron chi connectivity index (χ2n) is 6.07. The van der Waals surface area contributed by atoms with Crippen LogP contribution in [0.3, 0.4) is 0 Å². The number of esters is 1. The molecule has 1 aliphatic carbocycles. The SMILES string of the molecule is CNC(=O)COC(=O)CN1C(=O)N[C@@]2(CCCc3ccccc32)C1=O. The lowest BCUT2D eigenvalue weighted by molar-refractivity contribution is -0.151. The number of urea groups is 1. The summed E-state index contributed by atoms with van der Waals surface area (Å²) in [7, 11) is 1.41. The van der Waals surface area contributed by atoms with Crippen molar-refractivity contribution in [3.8, 4) is 0 Å². The first-order valence-corrected chi connectivity index (χ1v) is 8.06. The smallest absolute Gasteiger partial charge is 0.326 e. The molecule has 0 saturated carbocycles. The molecular weight excluding hydrogens is 326 g/mol. The number of likely N-dealkylation sites (N-methyl/N-ethyl adjacent to an activating group) is 1. The molecule has 1 aromatic carbocycles. The summed E-state index contributed by atoms with van der Waals surface area (Å²) in [6.45, 7) is -0.974. The highest BCUT2D eigenvalue weighted by Gasteiger charge is 2.54. The van der Waals surface area contributed by atoms with E-state index in [9.17, 15) is 19.2 Å². The van der Waals surface area contributed by atoms with Crippen LogP contribution in [-0.4, -0.2) is 48.9 Å². The Labute approximate surface area is 144 Å². The Morgan fingerprint density at radius 2 is 2.08 bits per heavy atom. The average Bonchev–Trinajstić information content (AvgIpc) is 2.85. The number of rotatable bonds is 4. The van der Waals surface area contributed by atoms with Crippen molar-refractivity contribution in [2.45, 2.75) is 24.8 Å². The normalized spacial score (nSPS) is 21.7. The maximum atomic E-state index is 12.9. The van der Waals surface area contributed by atoms with Crippen LogP contribution in [-0.2, 0) is 31.1 Å². The van der Waals surface area contributed by atoms with Gasteiger partial charge in [-0.3, -0.25) is 19.3 Å². The molecule has 25 heavy (non-hydrogen) atoms. The fraction of sp³-hybridized carbons (Fsp3) is 0.412. The van der Waals surface area contributed by atoms with E-state index >= 15 is 0 Å². The van der Waals surface area contributed by atoms with Crippen molar-refractivity contribution in [2.75, 3.05) is 20.2 Å². The lowest BCUT2D eigenvalue weighted by Crippen LogP contribution is -2.46. The number of hydrogen-bond donors (Lipinski definition) is 2. The first-order valence-electron chi connectivity index (χ1n) is 8.06. The number of aryl methyl sites for hydroxylation is 1. The summed E-state index contributed by atoms with van der Waals surface area (Å²) in [5.74, 6) is -1.74. The molecule has 4 amide bonds. The topological polar surface area (TPSA) is 105 Å². The number of imide groups is 1. The summed E-state index contributed by atoms with van der Waals surface area (Å²) in [5, 5.41) is 5.07. The molecule has 0 aromatic heterocycles. The minimum absolute atomic E-state index is 0.451. The Hall–Kier alpha value is -2.90. The zero-order chi connectivity index (χ0) is 18.0. The zero-order valence-corrected chi connectivity index (χ0v) is 13.8. The molecule has 2 N–H and O–H groups in total. The molecule has 8 nitrogen and oxygen atoms in total. The average molecular weight is 345 g/mol. The molecule has 1 saturated heterocycles. The van der Waals surface area contributed by atoms with Gasteiger partial charge in [0.15, 0.2) is 6.61 Å². The Balaban J connectivity index is 1.77. The van der Waals surface area contributed by atoms with E-state index in [1.165, 1.54) is 7.05 Å². The monoisotopic (exact) mass is 345 g/mol. The molecule has 1 spiro atoms. The van der Waals surface area contributed by atoms with Gasteiger partial charge in [0, 0.05) is 7.05 Å². The largest absolute Gasteiger partial charge is 0.454 e. The van der Waals surface area contributed by atoms with Gasteiger partial charge in [0.2, 0.25) is 0 Å². The third-order valence-electron chi connectivity index (χ3n) is 4.58. The number of amides is 4. The van der Waals surface area contributed by atoms with Crippen LogP contribution in [0.5, 0.6) is 0 Å². The van der Waals surface area contributed by atoms with E-state index in [4.69, 9.17) is 4.74 Å². The summed E-state index contributed by atoms with van der Waals surface area (Å²) in [6.07, 6.45) is 2.09. The van der Waals surface area contributed by atoms with E-state index in [0.717, 1.165) is 28.9 Å². The predicted molar refractivity (Wildman–Crippen MR) is 86.3 cm³/mol. The number of benzene rings is 1. The van der Waals surface area contributed by atoms with Crippen LogP contribution in [0, 0.1) is 0 Å². The van der Waals surface area contributed by atoms with Gasteiger partial charge in [-0.25, -0.2) is 4.79 Å². The summed E-state index contributed by atoms with van der Waals surface area (Å²) in [5.41, 5.74) is 0.680. The molecular formula is C17H19N3O5. The third kappa shape index (κ3) is 2.95. The van der Waals surface area contributed by atoms with E-state index in [1.807, 2.05) is 24.3 Å². The van der Waals surface area contributed by atoms with Crippen LogP contribution < -0.4 is 10.6 Å². The second-order valence-corrected chi connectivity index (χ2v) is 6.07. The molecule has 0 radical (unpaired) electrons. The molecule has 1 aliphatic heterocycles. The fourth-order valence-corrected chi connectivity index (χ4v) is 3.35. The summed E-state index contributed by atoms with van der Waals surface area (Å²) in [4.78, 5) is 49.1. The lowest BCUT2D eigenvalue weighted by Gasteiger charge is -2.33. The van der Waals surface area contributed by atoms with Crippen molar-refractivity contribution in [3.05, 3.63) is 35.4 Å². The van der Waals surface area contributed by atoms with Gasteiger partial charge in [0.1, 0.15) is 12.1 Å². The second kappa shape index (κ2) is 6.54. The van der Waals surface area contributed by atoms with Gasteiger partial charge in [0.05, 0.1) is 0 Å². The molecule has 132 valence electrons. The van der Waals surface area contributed by atoms with Crippen LogP contribution in [0.1, 0.15) is 24.0 Å². The maximum Gasteiger partial charge on any atom is 0.326 e. The van der Waals surface area contributed by atoms with Gasteiger partial charge in [-0.2, -0.15) is 0 Å². The maximum absolute atomic E-state index is 12.9. The molecule has 3 rings (SSSR count). The van der Waals surface area contributed by atoms with E-state index < -0.39 is 42.5 Å². The quantitative estimate of drug-likeness (QED) is 0.593. The molecule has 1 fully saturated rings.